The van der Waals surface area contributed by atoms with Crippen LogP contribution < -0.4 is 10.1 Å². The van der Waals surface area contributed by atoms with E-state index in [2.05, 4.69) is 5.32 Å². The third-order valence-corrected chi connectivity index (χ3v) is 3.59. The second-order valence-corrected chi connectivity index (χ2v) is 5.51. The van der Waals surface area contributed by atoms with Crippen molar-refractivity contribution in [2.45, 2.75) is 13.8 Å². The minimum Gasteiger partial charge on any atom is -0.483 e. The lowest BCUT2D eigenvalue weighted by Gasteiger charge is -2.11. The van der Waals surface area contributed by atoms with Gasteiger partial charge in [-0.3, -0.25) is 4.79 Å². The number of nitrogens with one attached hydrogen (secondary N) is 1. The van der Waals surface area contributed by atoms with Gasteiger partial charge in [0, 0.05) is 10.7 Å². The van der Waals surface area contributed by atoms with Crippen molar-refractivity contribution in [3.8, 4) is 5.75 Å². The summed E-state index contributed by atoms with van der Waals surface area (Å²) in [6, 6.07) is 9.87. The molecule has 0 aliphatic heterocycles. The summed E-state index contributed by atoms with van der Waals surface area (Å²) in [5.41, 5.74) is 2.32. The van der Waals surface area contributed by atoms with Crippen LogP contribution in [0, 0.1) is 13.8 Å². The molecule has 0 radical (unpaired) electrons. The van der Waals surface area contributed by atoms with Gasteiger partial charge in [0.25, 0.3) is 5.91 Å². The number of ether oxygens (including phenoxy) is 1. The number of aromatic carboxylic acids is 1. The van der Waals surface area contributed by atoms with E-state index in [1.54, 1.807) is 30.3 Å². The molecular weight excluding hydrogens is 318 g/mol. The molecule has 0 heterocycles. The summed E-state index contributed by atoms with van der Waals surface area (Å²) in [6.45, 7) is 3.38. The molecule has 0 aromatic heterocycles. The third kappa shape index (κ3) is 4.47. The predicted octanol–water partition coefficient (Wildman–Crippen LogP) is 3.67. The second-order valence-electron chi connectivity index (χ2n) is 5.11. The van der Waals surface area contributed by atoms with Gasteiger partial charge < -0.3 is 15.2 Å². The summed E-state index contributed by atoms with van der Waals surface area (Å²) in [5, 5.41) is 12.3. The Bertz CT molecular complexity index is 758. The Morgan fingerprint density at radius 3 is 2.57 bits per heavy atom. The molecule has 0 aliphatic carbocycles. The van der Waals surface area contributed by atoms with Gasteiger partial charge in [0.05, 0.1) is 0 Å². The fourth-order valence-electron chi connectivity index (χ4n) is 1.94. The Kier molecular flexibility index (Phi) is 5.24. The number of amides is 1. The van der Waals surface area contributed by atoms with Crippen molar-refractivity contribution in [3.05, 3.63) is 58.1 Å². The summed E-state index contributed by atoms with van der Waals surface area (Å²) < 4.78 is 5.34. The molecule has 2 rings (SSSR count). The van der Waals surface area contributed by atoms with E-state index in [-0.39, 0.29) is 17.9 Å². The van der Waals surface area contributed by atoms with Crippen molar-refractivity contribution in [3.63, 3.8) is 0 Å². The molecule has 0 saturated carbocycles. The van der Waals surface area contributed by atoms with Crippen molar-refractivity contribution in [2.24, 2.45) is 0 Å². The van der Waals surface area contributed by atoms with E-state index >= 15 is 0 Å². The van der Waals surface area contributed by atoms with E-state index in [4.69, 9.17) is 21.4 Å². The fourth-order valence-corrected chi connectivity index (χ4v) is 2.12. The van der Waals surface area contributed by atoms with Crippen LogP contribution in [0.5, 0.6) is 5.75 Å². The van der Waals surface area contributed by atoms with Gasteiger partial charge in [-0.1, -0.05) is 23.7 Å². The SMILES string of the molecule is Cc1ccc(C(=O)O)c(OCC(=O)Nc2ccc(C)c(Cl)c2)c1. The number of hydrogen-bond acceptors (Lipinski definition) is 3. The quantitative estimate of drug-likeness (QED) is 0.875. The lowest BCUT2D eigenvalue weighted by atomic mass is 10.1. The number of carbonyl (C=O) groups excluding carboxylic acids is 1. The fraction of sp³-hybridized carbons (Fsp3) is 0.176. The molecule has 0 atom stereocenters. The smallest absolute Gasteiger partial charge is 0.339 e. The summed E-state index contributed by atoms with van der Waals surface area (Å²) >= 11 is 6.00. The van der Waals surface area contributed by atoms with E-state index < -0.39 is 11.9 Å². The summed E-state index contributed by atoms with van der Waals surface area (Å²) in [7, 11) is 0. The highest BCUT2D eigenvalue weighted by molar-refractivity contribution is 6.31. The monoisotopic (exact) mass is 333 g/mol. The molecule has 2 N–H and O–H groups in total. The minimum atomic E-state index is -1.11. The van der Waals surface area contributed by atoms with Gasteiger partial charge in [0.15, 0.2) is 6.61 Å². The van der Waals surface area contributed by atoms with Crippen molar-refractivity contribution in [1.29, 1.82) is 0 Å². The van der Waals surface area contributed by atoms with Gasteiger partial charge in [-0.2, -0.15) is 0 Å². The average Bonchev–Trinajstić information content (AvgIpc) is 2.48. The van der Waals surface area contributed by atoms with Crippen LogP contribution in [0.15, 0.2) is 36.4 Å². The second kappa shape index (κ2) is 7.15. The molecule has 6 heteroatoms. The number of carboxylic acids is 1. The van der Waals surface area contributed by atoms with Crippen LogP contribution in [0.4, 0.5) is 5.69 Å². The molecule has 0 saturated heterocycles. The van der Waals surface area contributed by atoms with Crippen molar-refractivity contribution in [2.75, 3.05) is 11.9 Å². The van der Waals surface area contributed by atoms with Gasteiger partial charge in [0.2, 0.25) is 0 Å². The minimum absolute atomic E-state index is 0.0155. The zero-order chi connectivity index (χ0) is 17.0. The lowest BCUT2D eigenvalue weighted by molar-refractivity contribution is -0.118. The normalized spacial score (nSPS) is 10.2. The highest BCUT2D eigenvalue weighted by atomic mass is 35.5. The van der Waals surface area contributed by atoms with Crippen LogP contribution in [0.1, 0.15) is 21.5 Å². The van der Waals surface area contributed by atoms with Crippen molar-refractivity contribution >= 4 is 29.2 Å². The molecule has 1 amide bonds. The first-order valence-corrected chi connectivity index (χ1v) is 7.27. The molecule has 0 aliphatic rings. The molecule has 0 bridgehead atoms. The number of hydrogen-bond donors (Lipinski definition) is 2. The van der Waals surface area contributed by atoms with Gasteiger partial charge >= 0.3 is 5.97 Å². The van der Waals surface area contributed by atoms with Gasteiger partial charge in [-0.15, -0.1) is 0 Å². The standard InChI is InChI=1S/C17H16ClNO4/c1-10-3-6-13(17(21)22)15(7-10)23-9-16(20)19-12-5-4-11(2)14(18)8-12/h3-8H,9H2,1-2H3,(H,19,20)(H,21,22). The van der Waals surface area contributed by atoms with Crippen LogP contribution in [-0.2, 0) is 4.79 Å². The third-order valence-electron chi connectivity index (χ3n) is 3.18. The van der Waals surface area contributed by atoms with Crippen molar-refractivity contribution in [1.82, 2.24) is 0 Å². The molecule has 2 aromatic carbocycles. The number of benzene rings is 2. The number of halogens is 1. The van der Waals surface area contributed by atoms with E-state index in [1.165, 1.54) is 6.07 Å². The maximum absolute atomic E-state index is 11.9. The maximum atomic E-state index is 11.9. The Hall–Kier alpha value is -2.53. The molecule has 0 unspecified atom stereocenters. The molecule has 2 aromatic rings. The Morgan fingerprint density at radius 1 is 1.17 bits per heavy atom. The van der Waals surface area contributed by atoms with Crippen LogP contribution in [0.3, 0.4) is 0 Å². The number of rotatable bonds is 5. The maximum Gasteiger partial charge on any atom is 0.339 e. The predicted molar refractivity (Wildman–Crippen MR) is 88.5 cm³/mol. The van der Waals surface area contributed by atoms with Gasteiger partial charge in [-0.25, -0.2) is 4.79 Å². The topological polar surface area (TPSA) is 75.6 Å². The number of carbonyl (C=O) groups is 2. The van der Waals surface area contributed by atoms with E-state index in [9.17, 15) is 9.59 Å². The first-order chi connectivity index (χ1) is 10.9. The van der Waals surface area contributed by atoms with Crippen LogP contribution >= 0.6 is 11.6 Å². The summed E-state index contributed by atoms with van der Waals surface area (Å²) in [6.07, 6.45) is 0. The Labute approximate surface area is 138 Å². The molecule has 5 nitrogen and oxygen atoms in total. The van der Waals surface area contributed by atoms with Crippen LogP contribution in [-0.4, -0.2) is 23.6 Å². The highest BCUT2D eigenvalue weighted by Crippen LogP contribution is 2.21. The Morgan fingerprint density at radius 2 is 1.91 bits per heavy atom. The first kappa shape index (κ1) is 16.8. The lowest BCUT2D eigenvalue weighted by Crippen LogP contribution is -2.21. The average molecular weight is 334 g/mol. The number of anilines is 1. The molecule has 0 spiro atoms. The van der Waals surface area contributed by atoms with E-state index in [0.717, 1.165) is 11.1 Å². The van der Waals surface area contributed by atoms with Crippen LogP contribution in [0.2, 0.25) is 5.02 Å². The highest BCUT2D eigenvalue weighted by Gasteiger charge is 2.13. The van der Waals surface area contributed by atoms with Crippen LogP contribution in [0.25, 0.3) is 0 Å². The number of aryl methyl sites for hydroxylation is 2. The first-order valence-electron chi connectivity index (χ1n) is 6.89. The van der Waals surface area contributed by atoms with E-state index in [1.807, 2.05) is 13.8 Å². The number of carboxylic acid groups (broad SMARTS) is 1. The molecule has 120 valence electrons. The molecule has 0 fully saturated rings. The van der Waals surface area contributed by atoms with Crippen molar-refractivity contribution < 1.29 is 19.4 Å². The summed E-state index contributed by atoms with van der Waals surface area (Å²) in [5.74, 6) is -1.34. The summed E-state index contributed by atoms with van der Waals surface area (Å²) in [4.78, 5) is 23.1. The largest absolute Gasteiger partial charge is 0.483 e. The molecular formula is C17H16ClNO4. The zero-order valence-corrected chi connectivity index (χ0v) is 13.5. The Balaban J connectivity index is 2.03. The van der Waals surface area contributed by atoms with Gasteiger partial charge in [-0.05, 0) is 49.2 Å². The van der Waals surface area contributed by atoms with E-state index in [0.29, 0.717) is 10.7 Å². The zero-order valence-electron chi connectivity index (χ0n) is 12.7. The van der Waals surface area contributed by atoms with Gasteiger partial charge in [0.1, 0.15) is 11.3 Å². The molecule has 23 heavy (non-hydrogen) atoms.